The molecule has 0 fully saturated rings. The fraction of sp³-hybridized carbons (Fsp3) is 0.0417. The van der Waals surface area contributed by atoms with Crippen molar-refractivity contribution in [1.82, 2.24) is 10.2 Å². The van der Waals surface area contributed by atoms with Gasteiger partial charge in [-0.05, 0) is 29.3 Å². The number of anilines is 1. The molecule has 2 N–H and O–H groups in total. The summed E-state index contributed by atoms with van der Waals surface area (Å²) in [5.74, 6) is -0.541. The molecular weight excluding hydrogens is 362 g/mol. The van der Waals surface area contributed by atoms with Crippen LogP contribution in [0.15, 0.2) is 102 Å². The maximum absolute atomic E-state index is 13.2. The van der Waals surface area contributed by atoms with Gasteiger partial charge in [-0.1, -0.05) is 72.8 Å². The van der Waals surface area contributed by atoms with Gasteiger partial charge in [0.15, 0.2) is 0 Å². The number of hydrogen-bond acceptors (Lipinski definition) is 3. The number of H-pyrrole nitrogens is 1. The number of aromatic amines is 1. The van der Waals surface area contributed by atoms with Crippen molar-refractivity contribution in [2.45, 2.75) is 5.92 Å². The summed E-state index contributed by atoms with van der Waals surface area (Å²) in [6.07, 6.45) is 0. The minimum atomic E-state index is -0.424. The first-order valence-corrected chi connectivity index (χ1v) is 9.27. The second-order valence-corrected chi connectivity index (χ2v) is 6.63. The zero-order valence-corrected chi connectivity index (χ0v) is 15.6. The lowest BCUT2D eigenvalue weighted by molar-refractivity contribution is -0.116. The first-order chi connectivity index (χ1) is 14.2. The van der Waals surface area contributed by atoms with Crippen molar-refractivity contribution in [2.24, 2.45) is 0 Å². The van der Waals surface area contributed by atoms with Crippen molar-refractivity contribution in [3.63, 3.8) is 0 Å². The summed E-state index contributed by atoms with van der Waals surface area (Å²) in [7, 11) is 0. The zero-order valence-electron chi connectivity index (χ0n) is 15.6. The first-order valence-electron chi connectivity index (χ1n) is 9.27. The van der Waals surface area contributed by atoms with Crippen molar-refractivity contribution in [2.75, 3.05) is 5.32 Å². The van der Waals surface area contributed by atoms with Gasteiger partial charge in [0.05, 0.1) is 11.6 Å². The molecule has 0 saturated heterocycles. The van der Waals surface area contributed by atoms with E-state index in [2.05, 4.69) is 15.5 Å². The Kier molecular flexibility index (Phi) is 5.29. The van der Waals surface area contributed by atoms with Gasteiger partial charge < -0.3 is 5.32 Å². The van der Waals surface area contributed by atoms with Crippen molar-refractivity contribution < 1.29 is 4.79 Å². The number of nitrogens with zero attached hydrogens (tertiary/aromatic N) is 1. The Hall–Kier alpha value is -3.99. The number of aromatic nitrogens is 2. The average molecular weight is 381 g/mol. The maximum atomic E-state index is 13.2. The second-order valence-electron chi connectivity index (χ2n) is 6.63. The lowest BCUT2D eigenvalue weighted by atomic mass is 9.90. The average Bonchev–Trinajstić information content (AvgIpc) is 2.76. The van der Waals surface area contributed by atoms with E-state index in [4.69, 9.17) is 0 Å². The lowest BCUT2D eigenvalue weighted by Crippen LogP contribution is -2.22. The summed E-state index contributed by atoms with van der Waals surface area (Å²) < 4.78 is 0. The highest BCUT2D eigenvalue weighted by Gasteiger charge is 2.22. The smallest absolute Gasteiger partial charge is 0.264 e. The Morgan fingerprint density at radius 3 is 2.03 bits per heavy atom. The molecule has 142 valence electrons. The highest BCUT2D eigenvalue weighted by atomic mass is 16.2. The molecule has 0 bridgehead atoms. The molecule has 1 amide bonds. The number of nitrogens with one attached hydrogen (secondary N) is 2. The van der Waals surface area contributed by atoms with Gasteiger partial charge in [-0.2, -0.15) is 5.10 Å². The standard InChI is InChI=1S/C24H19N3O2/c28-22-15-14-21(26-27-22)19-12-7-13-20(16-19)25-24(29)23(17-8-3-1-4-9-17)18-10-5-2-6-11-18/h1-16,23H,(H,25,29)(H,27,28). The molecule has 4 rings (SSSR count). The molecule has 0 aliphatic heterocycles. The van der Waals surface area contributed by atoms with Gasteiger partial charge in [0.2, 0.25) is 5.91 Å². The van der Waals surface area contributed by atoms with E-state index in [1.807, 2.05) is 84.9 Å². The molecule has 0 aliphatic rings. The number of amides is 1. The van der Waals surface area contributed by atoms with Crippen LogP contribution in [0.25, 0.3) is 11.3 Å². The van der Waals surface area contributed by atoms with E-state index in [1.54, 1.807) is 6.07 Å². The second kappa shape index (κ2) is 8.35. The van der Waals surface area contributed by atoms with Crippen molar-refractivity contribution >= 4 is 11.6 Å². The van der Waals surface area contributed by atoms with Crippen LogP contribution in [0.5, 0.6) is 0 Å². The number of carbonyl (C=O) groups excluding carboxylic acids is 1. The third-order valence-electron chi connectivity index (χ3n) is 4.63. The van der Waals surface area contributed by atoms with Crippen molar-refractivity contribution in [3.05, 3.63) is 119 Å². The van der Waals surface area contributed by atoms with Gasteiger partial charge >= 0.3 is 0 Å². The monoisotopic (exact) mass is 381 g/mol. The SMILES string of the molecule is O=C(Nc1cccc(-c2ccc(=O)[nH]n2)c1)C(c1ccccc1)c1ccccc1. The van der Waals surface area contributed by atoms with E-state index >= 15 is 0 Å². The molecule has 5 heteroatoms. The summed E-state index contributed by atoms with van der Waals surface area (Å²) in [6.45, 7) is 0. The van der Waals surface area contributed by atoms with Crippen LogP contribution in [0.3, 0.4) is 0 Å². The molecule has 1 heterocycles. The van der Waals surface area contributed by atoms with Crippen LogP contribution in [0.2, 0.25) is 0 Å². The van der Waals surface area contributed by atoms with Crippen LogP contribution >= 0.6 is 0 Å². The minimum absolute atomic E-state index is 0.117. The highest BCUT2D eigenvalue weighted by molar-refractivity contribution is 5.98. The Bertz CT molecular complexity index is 1110. The Labute approximate surface area is 168 Å². The fourth-order valence-corrected chi connectivity index (χ4v) is 3.26. The summed E-state index contributed by atoms with van der Waals surface area (Å²) in [5.41, 5.74) is 3.69. The molecule has 0 spiro atoms. The predicted molar refractivity (Wildman–Crippen MR) is 114 cm³/mol. The molecule has 3 aromatic carbocycles. The third-order valence-corrected chi connectivity index (χ3v) is 4.63. The van der Waals surface area contributed by atoms with Crippen LogP contribution in [-0.2, 0) is 4.79 Å². The van der Waals surface area contributed by atoms with Gasteiger partial charge in [0.1, 0.15) is 0 Å². The van der Waals surface area contributed by atoms with Gasteiger partial charge in [-0.25, -0.2) is 5.10 Å². The number of rotatable bonds is 5. The fourth-order valence-electron chi connectivity index (χ4n) is 3.26. The van der Waals surface area contributed by atoms with Crippen LogP contribution in [0.4, 0.5) is 5.69 Å². The number of carbonyl (C=O) groups is 1. The number of benzene rings is 3. The van der Waals surface area contributed by atoms with E-state index < -0.39 is 5.92 Å². The Morgan fingerprint density at radius 1 is 0.793 bits per heavy atom. The summed E-state index contributed by atoms with van der Waals surface area (Å²) in [6, 6.07) is 29.9. The quantitative estimate of drug-likeness (QED) is 0.544. The molecule has 0 saturated carbocycles. The first kappa shape index (κ1) is 18.4. The lowest BCUT2D eigenvalue weighted by Gasteiger charge is -2.18. The maximum Gasteiger partial charge on any atom is 0.264 e. The molecule has 0 atom stereocenters. The summed E-state index contributed by atoms with van der Waals surface area (Å²) in [4.78, 5) is 24.5. The molecule has 0 unspecified atom stereocenters. The predicted octanol–water partition coefficient (Wildman–Crippen LogP) is 4.21. The zero-order chi connectivity index (χ0) is 20.1. The van der Waals surface area contributed by atoms with Crippen molar-refractivity contribution in [1.29, 1.82) is 0 Å². The number of hydrogen-bond donors (Lipinski definition) is 2. The third kappa shape index (κ3) is 4.30. The molecule has 0 radical (unpaired) electrons. The molecule has 4 aromatic rings. The van der Waals surface area contributed by atoms with E-state index in [0.29, 0.717) is 11.4 Å². The van der Waals surface area contributed by atoms with E-state index in [0.717, 1.165) is 16.7 Å². The van der Waals surface area contributed by atoms with Gasteiger partial charge in [0.25, 0.3) is 5.56 Å². The molecule has 29 heavy (non-hydrogen) atoms. The van der Waals surface area contributed by atoms with Gasteiger partial charge in [0, 0.05) is 17.3 Å². The van der Waals surface area contributed by atoms with Gasteiger partial charge in [-0.15, -0.1) is 0 Å². The highest BCUT2D eigenvalue weighted by Crippen LogP contribution is 2.27. The molecule has 0 aliphatic carbocycles. The van der Waals surface area contributed by atoms with E-state index in [1.165, 1.54) is 6.07 Å². The van der Waals surface area contributed by atoms with E-state index in [9.17, 15) is 9.59 Å². The van der Waals surface area contributed by atoms with Crippen LogP contribution in [0.1, 0.15) is 17.0 Å². The Morgan fingerprint density at radius 2 is 1.45 bits per heavy atom. The van der Waals surface area contributed by atoms with E-state index in [-0.39, 0.29) is 11.5 Å². The Balaban J connectivity index is 1.64. The largest absolute Gasteiger partial charge is 0.325 e. The topological polar surface area (TPSA) is 74.8 Å². The summed E-state index contributed by atoms with van der Waals surface area (Å²) >= 11 is 0. The molecule has 1 aromatic heterocycles. The molecular formula is C24H19N3O2. The summed E-state index contributed by atoms with van der Waals surface area (Å²) in [5, 5.41) is 9.50. The minimum Gasteiger partial charge on any atom is -0.325 e. The normalized spacial score (nSPS) is 10.7. The molecule has 5 nitrogen and oxygen atoms in total. The van der Waals surface area contributed by atoms with Crippen LogP contribution < -0.4 is 10.9 Å². The van der Waals surface area contributed by atoms with Crippen LogP contribution in [-0.4, -0.2) is 16.1 Å². The van der Waals surface area contributed by atoms with Crippen LogP contribution in [0, 0.1) is 0 Å². The van der Waals surface area contributed by atoms with Gasteiger partial charge in [-0.3, -0.25) is 9.59 Å². The van der Waals surface area contributed by atoms with Crippen molar-refractivity contribution in [3.8, 4) is 11.3 Å².